The molecule has 0 saturated heterocycles. The molecule has 0 spiro atoms. The molecule has 0 aromatic heterocycles. The lowest BCUT2D eigenvalue weighted by Gasteiger charge is -2.16. The highest BCUT2D eigenvalue weighted by Crippen LogP contribution is 2.33. The third-order valence-corrected chi connectivity index (χ3v) is 2.09. The van der Waals surface area contributed by atoms with Gasteiger partial charge in [0.05, 0.1) is 14.2 Å². The van der Waals surface area contributed by atoms with Crippen molar-refractivity contribution in [2.45, 2.75) is 6.04 Å². The predicted molar refractivity (Wildman–Crippen MR) is 55.5 cm³/mol. The molecule has 4 heteroatoms. The van der Waals surface area contributed by atoms with E-state index < -0.39 is 0 Å². The van der Waals surface area contributed by atoms with Gasteiger partial charge >= 0.3 is 0 Å². The minimum atomic E-state index is -0.222. The SMILES string of the molecule is COc1cccc([C@H](N)CN)c1OC. The standard InChI is InChI=1S/C10H16N2O2/c1-13-9-5-3-4-7(8(12)6-11)10(9)14-2/h3-5,8H,6,11-12H2,1-2H3/t8-/m1/s1. The summed E-state index contributed by atoms with van der Waals surface area (Å²) in [6, 6.07) is 5.36. The maximum atomic E-state index is 5.83. The third kappa shape index (κ3) is 1.97. The molecule has 0 heterocycles. The average molecular weight is 196 g/mol. The van der Waals surface area contributed by atoms with Crippen LogP contribution in [-0.4, -0.2) is 20.8 Å². The molecule has 1 aromatic rings. The Morgan fingerprint density at radius 2 is 2.00 bits per heavy atom. The van der Waals surface area contributed by atoms with Crippen LogP contribution in [0.4, 0.5) is 0 Å². The van der Waals surface area contributed by atoms with Crippen LogP contribution in [0.25, 0.3) is 0 Å². The van der Waals surface area contributed by atoms with E-state index in [0.29, 0.717) is 18.0 Å². The van der Waals surface area contributed by atoms with E-state index in [0.717, 1.165) is 5.56 Å². The summed E-state index contributed by atoms with van der Waals surface area (Å²) in [5, 5.41) is 0. The van der Waals surface area contributed by atoms with Gasteiger partial charge in [-0.1, -0.05) is 12.1 Å². The monoisotopic (exact) mass is 196 g/mol. The molecule has 1 atom stereocenters. The van der Waals surface area contributed by atoms with Crippen molar-refractivity contribution >= 4 is 0 Å². The fourth-order valence-electron chi connectivity index (χ4n) is 1.33. The van der Waals surface area contributed by atoms with Gasteiger partial charge in [0, 0.05) is 18.2 Å². The second kappa shape index (κ2) is 4.83. The predicted octanol–water partition coefficient (Wildman–Crippen LogP) is 0.662. The second-order valence-electron chi connectivity index (χ2n) is 2.92. The molecule has 0 aliphatic heterocycles. The van der Waals surface area contributed by atoms with Gasteiger partial charge in [-0.25, -0.2) is 0 Å². The number of hydrogen-bond donors (Lipinski definition) is 2. The Morgan fingerprint density at radius 1 is 1.29 bits per heavy atom. The van der Waals surface area contributed by atoms with E-state index in [4.69, 9.17) is 20.9 Å². The Hall–Kier alpha value is -1.26. The highest BCUT2D eigenvalue weighted by Gasteiger charge is 2.13. The maximum absolute atomic E-state index is 5.83. The number of methoxy groups -OCH3 is 2. The fourth-order valence-corrected chi connectivity index (χ4v) is 1.33. The Labute approximate surface area is 83.8 Å². The fraction of sp³-hybridized carbons (Fsp3) is 0.400. The minimum absolute atomic E-state index is 0.222. The highest BCUT2D eigenvalue weighted by molar-refractivity contribution is 5.48. The van der Waals surface area contributed by atoms with E-state index in [1.54, 1.807) is 14.2 Å². The molecule has 0 fully saturated rings. The summed E-state index contributed by atoms with van der Waals surface area (Å²) in [5.41, 5.74) is 12.2. The summed E-state index contributed by atoms with van der Waals surface area (Å²) in [5.74, 6) is 1.34. The molecule has 1 aromatic carbocycles. The van der Waals surface area contributed by atoms with Gasteiger partial charge < -0.3 is 20.9 Å². The molecule has 0 aliphatic carbocycles. The van der Waals surface area contributed by atoms with Crippen LogP contribution in [0, 0.1) is 0 Å². The van der Waals surface area contributed by atoms with Gasteiger partial charge in [0.15, 0.2) is 11.5 Å². The van der Waals surface area contributed by atoms with Gasteiger partial charge in [0.2, 0.25) is 0 Å². The molecule has 14 heavy (non-hydrogen) atoms. The first-order chi connectivity index (χ1) is 6.74. The van der Waals surface area contributed by atoms with Crippen LogP contribution in [0.2, 0.25) is 0 Å². The van der Waals surface area contributed by atoms with Gasteiger partial charge in [-0.2, -0.15) is 0 Å². The van der Waals surface area contributed by atoms with Crippen molar-refractivity contribution in [3.05, 3.63) is 23.8 Å². The molecule has 4 N–H and O–H groups in total. The summed E-state index contributed by atoms with van der Waals surface area (Å²) in [6.07, 6.45) is 0. The zero-order valence-electron chi connectivity index (χ0n) is 8.49. The molecule has 4 nitrogen and oxygen atoms in total. The van der Waals surface area contributed by atoms with Crippen molar-refractivity contribution in [2.75, 3.05) is 20.8 Å². The number of benzene rings is 1. The van der Waals surface area contributed by atoms with Gasteiger partial charge in [-0.3, -0.25) is 0 Å². The molecule has 0 aliphatic rings. The van der Waals surface area contributed by atoms with E-state index in [1.807, 2.05) is 18.2 Å². The van der Waals surface area contributed by atoms with Gasteiger partial charge in [0.1, 0.15) is 0 Å². The minimum Gasteiger partial charge on any atom is -0.493 e. The summed E-state index contributed by atoms with van der Waals surface area (Å²) in [7, 11) is 3.18. The van der Waals surface area contributed by atoms with Crippen LogP contribution in [0.3, 0.4) is 0 Å². The Balaban J connectivity index is 3.14. The van der Waals surface area contributed by atoms with Gasteiger partial charge in [0.25, 0.3) is 0 Å². The Bertz CT molecular complexity index is 302. The van der Waals surface area contributed by atoms with Crippen molar-refractivity contribution in [2.24, 2.45) is 11.5 Å². The smallest absolute Gasteiger partial charge is 0.165 e. The van der Waals surface area contributed by atoms with Crippen LogP contribution in [0.5, 0.6) is 11.5 Å². The number of para-hydroxylation sites is 1. The summed E-state index contributed by atoms with van der Waals surface area (Å²) in [6.45, 7) is 0.378. The molecule has 0 unspecified atom stereocenters. The first-order valence-electron chi connectivity index (χ1n) is 4.41. The molecule has 0 bridgehead atoms. The van der Waals surface area contributed by atoms with Crippen LogP contribution in [0.15, 0.2) is 18.2 Å². The van der Waals surface area contributed by atoms with E-state index in [2.05, 4.69) is 0 Å². The average Bonchev–Trinajstić information content (AvgIpc) is 2.26. The van der Waals surface area contributed by atoms with Crippen LogP contribution < -0.4 is 20.9 Å². The molecular weight excluding hydrogens is 180 g/mol. The third-order valence-electron chi connectivity index (χ3n) is 2.09. The largest absolute Gasteiger partial charge is 0.493 e. The van der Waals surface area contributed by atoms with E-state index in [9.17, 15) is 0 Å². The van der Waals surface area contributed by atoms with Crippen LogP contribution in [-0.2, 0) is 0 Å². The molecule has 0 saturated carbocycles. The van der Waals surface area contributed by atoms with Crippen LogP contribution >= 0.6 is 0 Å². The molecule has 1 rings (SSSR count). The van der Waals surface area contributed by atoms with Crippen molar-refractivity contribution in [1.82, 2.24) is 0 Å². The number of hydrogen-bond acceptors (Lipinski definition) is 4. The summed E-state index contributed by atoms with van der Waals surface area (Å²) in [4.78, 5) is 0. The van der Waals surface area contributed by atoms with Crippen molar-refractivity contribution in [1.29, 1.82) is 0 Å². The van der Waals surface area contributed by atoms with Crippen molar-refractivity contribution < 1.29 is 9.47 Å². The summed E-state index contributed by atoms with van der Waals surface area (Å²) < 4.78 is 10.4. The Kier molecular flexibility index (Phi) is 3.73. The molecule has 0 radical (unpaired) electrons. The summed E-state index contributed by atoms with van der Waals surface area (Å²) >= 11 is 0. The topological polar surface area (TPSA) is 70.5 Å². The lowest BCUT2D eigenvalue weighted by molar-refractivity contribution is 0.349. The zero-order chi connectivity index (χ0) is 10.6. The van der Waals surface area contributed by atoms with Crippen LogP contribution in [0.1, 0.15) is 11.6 Å². The maximum Gasteiger partial charge on any atom is 0.165 e. The van der Waals surface area contributed by atoms with E-state index in [-0.39, 0.29) is 6.04 Å². The molecule has 78 valence electrons. The lowest BCUT2D eigenvalue weighted by Crippen LogP contribution is -2.21. The van der Waals surface area contributed by atoms with E-state index >= 15 is 0 Å². The number of rotatable bonds is 4. The number of nitrogens with two attached hydrogens (primary N) is 2. The quantitative estimate of drug-likeness (QED) is 0.742. The highest BCUT2D eigenvalue weighted by atomic mass is 16.5. The van der Waals surface area contributed by atoms with Crippen molar-refractivity contribution in [3.63, 3.8) is 0 Å². The second-order valence-corrected chi connectivity index (χ2v) is 2.92. The normalized spacial score (nSPS) is 12.3. The first-order valence-corrected chi connectivity index (χ1v) is 4.41. The van der Waals surface area contributed by atoms with E-state index in [1.165, 1.54) is 0 Å². The first kappa shape index (κ1) is 10.8. The molecular formula is C10H16N2O2. The van der Waals surface area contributed by atoms with Gasteiger partial charge in [-0.05, 0) is 6.07 Å². The van der Waals surface area contributed by atoms with Crippen molar-refractivity contribution in [3.8, 4) is 11.5 Å². The van der Waals surface area contributed by atoms with Gasteiger partial charge in [-0.15, -0.1) is 0 Å². The molecule has 0 amide bonds. The number of ether oxygens (including phenoxy) is 2. The lowest BCUT2D eigenvalue weighted by atomic mass is 10.1. The Morgan fingerprint density at radius 3 is 2.50 bits per heavy atom. The zero-order valence-corrected chi connectivity index (χ0v) is 8.49.